The van der Waals surface area contributed by atoms with Crippen molar-refractivity contribution in [3.8, 4) is 5.75 Å². The number of hydrogen-bond acceptors (Lipinski definition) is 6. The van der Waals surface area contributed by atoms with Crippen LogP contribution < -0.4 is 4.74 Å². The molecule has 0 aromatic heterocycles. The Labute approximate surface area is 188 Å². The summed E-state index contributed by atoms with van der Waals surface area (Å²) in [5.74, 6) is -0.248. The van der Waals surface area contributed by atoms with Gasteiger partial charge in [0.2, 0.25) is 0 Å². The molecule has 1 amide bonds. The average Bonchev–Trinajstić information content (AvgIpc) is 2.78. The predicted molar refractivity (Wildman–Crippen MR) is 111 cm³/mol. The van der Waals surface area contributed by atoms with Crippen molar-refractivity contribution in [3.05, 3.63) is 71.8 Å². The molecule has 2 aliphatic rings. The summed E-state index contributed by atoms with van der Waals surface area (Å²) in [5, 5.41) is 0. The van der Waals surface area contributed by atoms with E-state index in [-0.39, 0.29) is 43.9 Å². The molecule has 1 spiro atoms. The summed E-state index contributed by atoms with van der Waals surface area (Å²) in [6.07, 6.45) is 1.15. The summed E-state index contributed by atoms with van der Waals surface area (Å²) in [4.78, 5) is 13.9. The van der Waals surface area contributed by atoms with Crippen LogP contribution >= 0.6 is 0 Å². The van der Waals surface area contributed by atoms with Crippen LogP contribution in [0.1, 0.15) is 24.0 Å². The van der Waals surface area contributed by atoms with E-state index in [9.17, 15) is 26.4 Å². The van der Waals surface area contributed by atoms with Crippen molar-refractivity contribution in [1.29, 1.82) is 0 Å². The van der Waals surface area contributed by atoms with E-state index >= 15 is 0 Å². The fraction of sp³-hybridized carbons (Fsp3) is 0.318. The zero-order valence-electron chi connectivity index (χ0n) is 17.2. The maximum atomic E-state index is 12.9. The summed E-state index contributed by atoms with van der Waals surface area (Å²) in [7, 11) is -5.86. The molecule has 0 unspecified atom stereocenters. The Morgan fingerprint density at radius 2 is 1.67 bits per heavy atom. The van der Waals surface area contributed by atoms with Crippen molar-refractivity contribution in [3.63, 3.8) is 0 Å². The van der Waals surface area contributed by atoms with Crippen molar-refractivity contribution in [2.24, 2.45) is 0 Å². The normalized spacial score (nSPS) is 17.5. The molecule has 2 aromatic rings. The first kappa shape index (κ1) is 23.0. The van der Waals surface area contributed by atoms with Crippen LogP contribution in [-0.2, 0) is 25.6 Å². The minimum atomic E-state index is -5.86. The number of carbonyl (C=O) groups is 1. The van der Waals surface area contributed by atoms with Crippen molar-refractivity contribution in [1.82, 2.24) is 4.90 Å². The molecule has 0 atom stereocenters. The lowest BCUT2D eigenvalue weighted by Crippen LogP contribution is -2.50. The lowest BCUT2D eigenvalue weighted by Gasteiger charge is -2.42. The molecule has 1 fully saturated rings. The first-order valence-corrected chi connectivity index (χ1v) is 11.5. The Balaban J connectivity index is 1.49. The highest BCUT2D eigenvalue weighted by Crippen LogP contribution is 2.43. The van der Waals surface area contributed by atoms with Crippen molar-refractivity contribution in [2.75, 3.05) is 13.1 Å². The lowest BCUT2D eigenvalue weighted by molar-refractivity contribution is -0.0511. The molecular weight excluding hydrogens is 463 g/mol. The van der Waals surface area contributed by atoms with E-state index in [2.05, 4.69) is 4.18 Å². The molecule has 0 radical (unpaired) electrons. The number of fused-ring (bicyclic) bond motifs is 1. The quantitative estimate of drug-likeness (QED) is 0.472. The van der Waals surface area contributed by atoms with Crippen LogP contribution in [0.15, 0.2) is 60.7 Å². The van der Waals surface area contributed by atoms with E-state index in [0.29, 0.717) is 0 Å². The monoisotopic (exact) mass is 483 g/mol. The number of para-hydroxylation sites is 1. The zero-order chi connectivity index (χ0) is 23.7. The minimum Gasteiger partial charge on any atom is -0.482 e. The van der Waals surface area contributed by atoms with Gasteiger partial charge in [-0.3, -0.25) is 0 Å². The van der Waals surface area contributed by atoms with Crippen LogP contribution in [0, 0.1) is 0 Å². The van der Waals surface area contributed by atoms with E-state index in [1.807, 2.05) is 30.3 Å². The maximum Gasteiger partial charge on any atom is 0.534 e. The summed E-state index contributed by atoms with van der Waals surface area (Å²) < 4.78 is 77.8. The third kappa shape index (κ3) is 4.92. The first-order chi connectivity index (χ1) is 15.6. The summed E-state index contributed by atoms with van der Waals surface area (Å²) in [5.41, 5.74) is -5.76. The molecular formula is C22H20F3NO6S. The van der Waals surface area contributed by atoms with Crippen molar-refractivity contribution < 1.29 is 40.0 Å². The minimum absolute atomic E-state index is 0.0978. The Kier molecular flexibility index (Phi) is 6.00. The summed E-state index contributed by atoms with van der Waals surface area (Å²) in [6.45, 7) is 0.509. The van der Waals surface area contributed by atoms with Gasteiger partial charge in [0.1, 0.15) is 18.0 Å². The van der Waals surface area contributed by atoms with Gasteiger partial charge in [-0.2, -0.15) is 21.6 Å². The van der Waals surface area contributed by atoms with Crippen LogP contribution in [-0.4, -0.2) is 43.6 Å². The summed E-state index contributed by atoms with van der Waals surface area (Å²) >= 11 is 0. The van der Waals surface area contributed by atoms with Gasteiger partial charge in [0, 0.05) is 32.0 Å². The number of rotatable bonds is 4. The molecule has 11 heteroatoms. The fourth-order valence-corrected chi connectivity index (χ4v) is 4.15. The smallest absolute Gasteiger partial charge is 0.482 e. The van der Waals surface area contributed by atoms with Crippen LogP contribution in [0.2, 0.25) is 0 Å². The number of alkyl halides is 3. The molecule has 2 aliphatic heterocycles. The fourth-order valence-electron chi connectivity index (χ4n) is 3.68. The third-order valence-electron chi connectivity index (χ3n) is 5.42. The number of amides is 1. The molecule has 2 aromatic carbocycles. The number of hydrogen-bond donors (Lipinski definition) is 0. The molecule has 4 rings (SSSR count). The molecule has 0 aliphatic carbocycles. The average molecular weight is 483 g/mol. The Bertz CT molecular complexity index is 1160. The Morgan fingerprint density at radius 3 is 2.33 bits per heavy atom. The molecule has 0 bridgehead atoms. The van der Waals surface area contributed by atoms with Gasteiger partial charge in [0.25, 0.3) is 0 Å². The van der Waals surface area contributed by atoms with Gasteiger partial charge in [0.15, 0.2) is 5.76 Å². The second kappa shape index (κ2) is 8.62. The summed E-state index contributed by atoms with van der Waals surface area (Å²) in [6, 6.07) is 15.2. The van der Waals surface area contributed by atoms with Crippen LogP contribution in [0.25, 0.3) is 5.76 Å². The van der Waals surface area contributed by atoms with Gasteiger partial charge in [-0.15, -0.1) is 0 Å². The second-order valence-electron chi connectivity index (χ2n) is 7.68. The predicted octanol–water partition coefficient (Wildman–Crippen LogP) is 4.46. The first-order valence-electron chi connectivity index (χ1n) is 10.1. The van der Waals surface area contributed by atoms with Crippen LogP contribution in [0.4, 0.5) is 18.0 Å². The standard InChI is InChI=1S/C22H20F3NO6S/c23-22(24,25)33(28,29)32-19-14-21(31-18-9-5-4-8-17(18)19)10-12-26(13-11-21)20(27)30-15-16-6-2-1-3-7-16/h1-9,14H,10-13,15H2. The number of likely N-dealkylation sites (tertiary alicyclic amines) is 1. The highest BCUT2D eigenvalue weighted by atomic mass is 32.2. The SMILES string of the molecule is O=C(OCc1ccccc1)N1CCC2(C=C(OS(=O)(=O)C(F)(F)F)c3ccccc3O2)CC1. The maximum absolute atomic E-state index is 12.9. The van der Waals surface area contributed by atoms with E-state index in [1.54, 1.807) is 6.07 Å². The number of piperidine rings is 1. The molecule has 0 saturated carbocycles. The number of halogens is 3. The van der Waals surface area contributed by atoms with E-state index < -0.39 is 33.1 Å². The van der Waals surface area contributed by atoms with E-state index in [1.165, 1.54) is 29.2 Å². The molecule has 1 saturated heterocycles. The largest absolute Gasteiger partial charge is 0.534 e. The van der Waals surface area contributed by atoms with Gasteiger partial charge in [0.05, 0.1) is 5.56 Å². The van der Waals surface area contributed by atoms with Gasteiger partial charge in [-0.1, -0.05) is 42.5 Å². The van der Waals surface area contributed by atoms with Crippen molar-refractivity contribution >= 4 is 22.0 Å². The Morgan fingerprint density at radius 1 is 1.03 bits per heavy atom. The second-order valence-corrected chi connectivity index (χ2v) is 9.22. The number of benzene rings is 2. The van der Waals surface area contributed by atoms with Gasteiger partial charge in [-0.25, -0.2) is 4.79 Å². The van der Waals surface area contributed by atoms with E-state index in [0.717, 1.165) is 5.56 Å². The van der Waals surface area contributed by atoms with Gasteiger partial charge < -0.3 is 18.6 Å². The lowest BCUT2D eigenvalue weighted by atomic mass is 9.87. The number of carbonyl (C=O) groups excluding carboxylic acids is 1. The highest BCUT2D eigenvalue weighted by molar-refractivity contribution is 7.87. The zero-order valence-corrected chi connectivity index (χ0v) is 18.1. The number of ether oxygens (including phenoxy) is 2. The van der Waals surface area contributed by atoms with Crippen molar-refractivity contribution in [2.45, 2.75) is 30.6 Å². The molecule has 2 heterocycles. The molecule has 176 valence electrons. The number of nitrogens with zero attached hydrogens (tertiary/aromatic N) is 1. The van der Waals surface area contributed by atoms with Crippen LogP contribution in [0.3, 0.4) is 0 Å². The van der Waals surface area contributed by atoms with Crippen LogP contribution in [0.5, 0.6) is 5.75 Å². The van der Waals surface area contributed by atoms with Gasteiger partial charge in [-0.05, 0) is 17.7 Å². The van der Waals surface area contributed by atoms with Gasteiger partial charge >= 0.3 is 21.7 Å². The molecule has 0 N–H and O–H groups in total. The van der Waals surface area contributed by atoms with E-state index in [4.69, 9.17) is 9.47 Å². The molecule has 7 nitrogen and oxygen atoms in total. The topological polar surface area (TPSA) is 82.1 Å². The molecule has 33 heavy (non-hydrogen) atoms. The highest BCUT2D eigenvalue weighted by Gasteiger charge is 2.50. The third-order valence-corrected chi connectivity index (χ3v) is 6.38. The Hall–Kier alpha value is -3.21.